The lowest BCUT2D eigenvalue weighted by Crippen LogP contribution is -2.41. The van der Waals surface area contributed by atoms with Crippen LogP contribution in [0.25, 0.3) is 0 Å². The van der Waals surface area contributed by atoms with Crippen molar-refractivity contribution in [2.75, 3.05) is 33.8 Å². The number of hydrogen-bond donors (Lipinski definition) is 2. The molecule has 9 nitrogen and oxygen atoms in total. The van der Waals surface area contributed by atoms with Crippen molar-refractivity contribution < 1.29 is 32.2 Å². The molecule has 0 saturated carbocycles. The number of sulfonamides is 1. The van der Waals surface area contributed by atoms with E-state index >= 15 is 0 Å². The molecule has 29 heavy (non-hydrogen) atoms. The molecule has 0 fully saturated rings. The van der Waals surface area contributed by atoms with Gasteiger partial charge in [0.2, 0.25) is 15.9 Å². The Labute approximate surface area is 170 Å². The zero-order valence-electron chi connectivity index (χ0n) is 16.8. The highest BCUT2D eigenvalue weighted by Gasteiger charge is 2.24. The lowest BCUT2D eigenvalue weighted by molar-refractivity contribution is -0.117. The van der Waals surface area contributed by atoms with Gasteiger partial charge in [0, 0.05) is 12.1 Å². The van der Waals surface area contributed by atoms with Gasteiger partial charge in [-0.15, -0.1) is 0 Å². The van der Waals surface area contributed by atoms with Crippen molar-refractivity contribution in [3.8, 4) is 23.0 Å². The molecule has 2 N–H and O–H groups in total. The molecule has 0 aliphatic rings. The third-order valence-electron chi connectivity index (χ3n) is 4.06. The Morgan fingerprint density at radius 1 is 0.862 bits per heavy atom. The van der Waals surface area contributed by atoms with Gasteiger partial charge in [-0.3, -0.25) is 4.79 Å². The maximum Gasteiger partial charge on any atom is 0.242 e. The Morgan fingerprint density at radius 2 is 1.52 bits per heavy atom. The summed E-state index contributed by atoms with van der Waals surface area (Å²) in [4.78, 5) is 12.4. The Kier molecular flexibility index (Phi) is 7.29. The van der Waals surface area contributed by atoms with E-state index in [2.05, 4.69) is 10.0 Å². The van der Waals surface area contributed by atoms with Crippen molar-refractivity contribution in [1.82, 2.24) is 4.72 Å². The quantitative estimate of drug-likeness (QED) is 0.633. The predicted molar refractivity (Wildman–Crippen MR) is 108 cm³/mol. The van der Waals surface area contributed by atoms with E-state index in [9.17, 15) is 13.2 Å². The molecular formula is C19H24N2O7S. The summed E-state index contributed by atoms with van der Waals surface area (Å²) in [7, 11) is 1.84. The smallest absolute Gasteiger partial charge is 0.242 e. The summed E-state index contributed by atoms with van der Waals surface area (Å²) in [5.74, 6) is 1.03. The number of hydrogen-bond acceptors (Lipinski definition) is 7. The molecule has 1 amide bonds. The molecule has 0 radical (unpaired) electrons. The summed E-state index contributed by atoms with van der Waals surface area (Å²) in [6, 6.07) is 7.95. The summed E-state index contributed by atoms with van der Waals surface area (Å²) < 4.78 is 48.2. The van der Waals surface area contributed by atoms with Gasteiger partial charge in [-0.05, 0) is 31.2 Å². The van der Waals surface area contributed by atoms with Gasteiger partial charge in [0.1, 0.15) is 11.5 Å². The highest BCUT2D eigenvalue weighted by Crippen LogP contribution is 2.30. The average molecular weight is 424 g/mol. The van der Waals surface area contributed by atoms with Gasteiger partial charge in [-0.25, -0.2) is 8.42 Å². The molecule has 0 aliphatic heterocycles. The standard InChI is InChI=1S/C19H24N2O7S/c1-12(19(22)20-15-8-6-13(25-2)10-17(15)27-4)21-29(23,24)14-7-9-16(26-3)18(11-14)28-5/h6-12,21H,1-5H3,(H,20,22)/t12-/m1/s1. The van der Waals surface area contributed by atoms with Crippen molar-refractivity contribution >= 4 is 21.6 Å². The second-order valence-corrected chi connectivity index (χ2v) is 7.63. The first-order valence-corrected chi connectivity index (χ1v) is 10.0. The molecule has 2 aromatic rings. The van der Waals surface area contributed by atoms with Crippen LogP contribution in [0.4, 0.5) is 5.69 Å². The Morgan fingerprint density at radius 3 is 2.10 bits per heavy atom. The molecule has 0 saturated heterocycles. The van der Waals surface area contributed by atoms with E-state index in [-0.39, 0.29) is 10.6 Å². The van der Waals surface area contributed by atoms with Gasteiger partial charge in [0.25, 0.3) is 0 Å². The fourth-order valence-corrected chi connectivity index (χ4v) is 3.70. The number of benzene rings is 2. The molecule has 1 atom stereocenters. The SMILES string of the molecule is COc1ccc(NC(=O)[C@@H](C)NS(=O)(=O)c2ccc(OC)c(OC)c2)c(OC)c1. The van der Waals surface area contributed by atoms with Crippen LogP contribution in [0.5, 0.6) is 23.0 Å². The summed E-state index contributed by atoms with van der Waals surface area (Å²) in [5.41, 5.74) is 0.385. The second kappa shape index (κ2) is 9.48. The monoisotopic (exact) mass is 424 g/mol. The predicted octanol–water partition coefficient (Wildman–Crippen LogP) is 2.03. The number of carbonyl (C=O) groups excluding carboxylic acids is 1. The molecule has 2 rings (SSSR count). The van der Waals surface area contributed by atoms with Crippen molar-refractivity contribution in [3.63, 3.8) is 0 Å². The van der Waals surface area contributed by atoms with Gasteiger partial charge in [0.05, 0.1) is 45.1 Å². The van der Waals surface area contributed by atoms with Crippen LogP contribution in [0.15, 0.2) is 41.3 Å². The number of nitrogens with one attached hydrogen (secondary N) is 2. The Hall–Kier alpha value is -2.98. The molecule has 158 valence electrons. The Bertz CT molecular complexity index is 977. The van der Waals surface area contributed by atoms with E-state index in [0.29, 0.717) is 22.9 Å². The first kappa shape index (κ1) is 22.3. The number of methoxy groups -OCH3 is 4. The molecule has 2 aromatic carbocycles. The van der Waals surface area contributed by atoms with E-state index in [0.717, 1.165) is 0 Å². The molecule has 10 heteroatoms. The molecular weight excluding hydrogens is 400 g/mol. The second-order valence-electron chi connectivity index (χ2n) is 5.92. The van der Waals surface area contributed by atoms with Crippen LogP contribution in [-0.4, -0.2) is 48.8 Å². The van der Waals surface area contributed by atoms with E-state index in [1.807, 2.05) is 0 Å². The minimum Gasteiger partial charge on any atom is -0.497 e. The number of rotatable bonds is 9. The van der Waals surface area contributed by atoms with Crippen LogP contribution >= 0.6 is 0 Å². The third kappa shape index (κ3) is 5.30. The molecule has 0 aliphatic carbocycles. The van der Waals surface area contributed by atoms with Gasteiger partial charge in [0.15, 0.2) is 11.5 Å². The summed E-state index contributed by atoms with van der Waals surface area (Å²) in [5, 5.41) is 2.64. The fraction of sp³-hybridized carbons (Fsp3) is 0.316. The van der Waals surface area contributed by atoms with Crippen molar-refractivity contribution in [3.05, 3.63) is 36.4 Å². The highest BCUT2D eigenvalue weighted by molar-refractivity contribution is 7.89. The van der Waals surface area contributed by atoms with Gasteiger partial charge < -0.3 is 24.3 Å². The summed E-state index contributed by atoms with van der Waals surface area (Å²) >= 11 is 0. The highest BCUT2D eigenvalue weighted by atomic mass is 32.2. The molecule has 0 spiro atoms. The Balaban J connectivity index is 2.16. The first-order valence-electron chi connectivity index (χ1n) is 8.53. The number of carbonyl (C=O) groups is 1. The van der Waals surface area contributed by atoms with E-state index in [1.165, 1.54) is 53.6 Å². The molecule has 0 heterocycles. The van der Waals surface area contributed by atoms with Crippen LogP contribution in [-0.2, 0) is 14.8 Å². The number of amides is 1. The van der Waals surface area contributed by atoms with Crippen LogP contribution < -0.4 is 29.0 Å². The van der Waals surface area contributed by atoms with Crippen LogP contribution in [0.1, 0.15) is 6.92 Å². The molecule has 0 aromatic heterocycles. The van der Waals surface area contributed by atoms with Gasteiger partial charge >= 0.3 is 0 Å². The largest absolute Gasteiger partial charge is 0.497 e. The lowest BCUT2D eigenvalue weighted by Gasteiger charge is -2.17. The maximum atomic E-state index is 12.6. The van der Waals surface area contributed by atoms with Gasteiger partial charge in [-0.2, -0.15) is 4.72 Å². The molecule has 0 bridgehead atoms. The minimum atomic E-state index is -3.98. The topological polar surface area (TPSA) is 112 Å². The van der Waals surface area contributed by atoms with Gasteiger partial charge in [-0.1, -0.05) is 0 Å². The van der Waals surface area contributed by atoms with Crippen LogP contribution in [0.2, 0.25) is 0 Å². The molecule has 0 unspecified atom stereocenters. The normalized spacial score (nSPS) is 12.0. The minimum absolute atomic E-state index is 0.0585. The zero-order valence-corrected chi connectivity index (χ0v) is 17.6. The third-order valence-corrected chi connectivity index (χ3v) is 5.60. The summed E-state index contributed by atoms with van der Waals surface area (Å²) in [6.07, 6.45) is 0. The van der Waals surface area contributed by atoms with E-state index < -0.39 is 22.0 Å². The van der Waals surface area contributed by atoms with E-state index in [4.69, 9.17) is 18.9 Å². The van der Waals surface area contributed by atoms with Crippen molar-refractivity contribution in [1.29, 1.82) is 0 Å². The van der Waals surface area contributed by atoms with Crippen LogP contribution in [0.3, 0.4) is 0 Å². The van der Waals surface area contributed by atoms with Crippen molar-refractivity contribution in [2.24, 2.45) is 0 Å². The fourth-order valence-electron chi connectivity index (χ4n) is 2.48. The number of ether oxygens (including phenoxy) is 4. The lowest BCUT2D eigenvalue weighted by atomic mass is 10.2. The maximum absolute atomic E-state index is 12.6. The van der Waals surface area contributed by atoms with Crippen LogP contribution in [0, 0.1) is 0 Å². The zero-order chi connectivity index (χ0) is 21.6. The van der Waals surface area contributed by atoms with E-state index in [1.54, 1.807) is 18.2 Å². The van der Waals surface area contributed by atoms with Crippen molar-refractivity contribution in [2.45, 2.75) is 17.9 Å². The first-order chi connectivity index (χ1) is 13.7. The summed E-state index contributed by atoms with van der Waals surface area (Å²) in [6.45, 7) is 1.43. The number of anilines is 1. The average Bonchev–Trinajstić information content (AvgIpc) is 2.72.